The molecule has 0 unspecified atom stereocenters. The second-order valence-corrected chi connectivity index (χ2v) is 6.50. The summed E-state index contributed by atoms with van der Waals surface area (Å²) < 4.78 is 2.40. The van der Waals surface area contributed by atoms with Crippen LogP contribution >= 0.6 is 0 Å². The van der Waals surface area contributed by atoms with E-state index >= 15 is 0 Å². The summed E-state index contributed by atoms with van der Waals surface area (Å²) in [5.41, 5.74) is 4.33. The van der Waals surface area contributed by atoms with Crippen LogP contribution in [-0.2, 0) is 0 Å². The first-order chi connectivity index (χ1) is 12.5. The molecule has 0 spiro atoms. The second kappa shape index (κ2) is 6.35. The van der Waals surface area contributed by atoms with Crippen LogP contribution in [0.5, 0.6) is 0 Å². The van der Waals surface area contributed by atoms with Crippen LogP contribution in [0.2, 0.25) is 0 Å². The van der Waals surface area contributed by atoms with Gasteiger partial charge >= 0.3 is 157 Å². The Labute approximate surface area is 157 Å². The van der Waals surface area contributed by atoms with Gasteiger partial charge in [0.25, 0.3) is 0 Å². The molecule has 0 saturated heterocycles. The van der Waals surface area contributed by atoms with Crippen molar-refractivity contribution in [3.8, 4) is 22.8 Å². The van der Waals surface area contributed by atoms with E-state index in [1.54, 1.807) is 18.5 Å². The molecule has 0 bridgehead atoms. The quantitative estimate of drug-likeness (QED) is 0.521. The van der Waals surface area contributed by atoms with Crippen molar-refractivity contribution >= 4 is 33.1 Å². The molecule has 4 rings (SSSR count). The third-order valence-corrected chi connectivity index (χ3v) is 4.34. The van der Waals surface area contributed by atoms with E-state index in [-0.39, 0.29) is 5.56 Å². The molecule has 0 aromatic carbocycles. The van der Waals surface area contributed by atoms with E-state index in [1.165, 1.54) is 12.1 Å². The van der Waals surface area contributed by atoms with E-state index in [0.29, 0.717) is 27.3 Å². The number of hydrogen-bond acceptors (Lipinski definition) is 5. The molecule has 0 saturated carbocycles. The number of hydrogen-bond donors (Lipinski definition) is 1. The Hall–Kier alpha value is -3.05. The number of fused-ring (bicyclic) bond motifs is 1. The number of carboxylic acid groups (broad SMARTS) is 1. The standard InChI is InChI=1S/C18H12AsN5O2/c1-10-3-2-4-12(21-10)15-16(13-5-7-20-18(19)22-13)24-8-6-11(17(25)26)9-14(24)23-15/h2-9H,1H3,(H,25,26). The van der Waals surface area contributed by atoms with Gasteiger partial charge in [-0.05, 0) is 0 Å². The SMILES string of the molecule is Cc1cccc(-c2nc3cc(C(=O)O)ccn3c2-c2ccnc([As])n2)n1. The van der Waals surface area contributed by atoms with Crippen LogP contribution in [0, 0.1) is 6.92 Å². The Morgan fingerprint density at radius 2 is 1.96 bits per heavy atom. The van der Waals surface area contributed by atoms with Gasteiger partial charge in [0.1, 0.15) is 0 Å². The third kappa shape index (κ3) is 2.86. The molecular weight excluding hydrogens is 393 g/mol. The van der Waals surface area contributed by atoms with Gasteiger partial charge in [-0.1, -0.05) is 0 Å². The predicted molar refractivity (Wildman–Crippen MR) is 96.5 cm³/mol. The first-order valence-electron chi connectivity index (χ1n) is 7.75. The predicted octanol–water partition coefficient (Wildman–Crippen LogP) is 1.65. The van der Waals surface area contributed by atoms with Crippen LogP contribution < -0.4 is 4.61 Å². The number of aryl methyl sites for hydroxylation is 1. The fourth-order valence-corrected chi connectivity index (χ4v) is 3.12. The van der Waals surface area contributed by atoms with E-state index in [4.69, 9.17) is 0 Å². The van der Waals surface area contributed by atoms with E-state index in [0.717, 1.165) is 11.4 Å². The Kier molecular flexibility index (Phi) is 4.01. The average Bonchev–Trinajstić information content (AvgIpc) is 3.00. The topological polar surface area (TPSA) is 93.3 Å². The van der Waals surface area contributed by atoms with E-state index < -0.39 is 5.97 Å². The van der Waals surface area contributed by atoms with Gasteiger partial charge in [-0.3, -0.25) is 0 Å². The van der Waals surface area contributed by atoms with Crippen LogP contribution in [0.25, 0.3) is 28.4 Å². The van der Waals surface area contributed by atoms with Gasteiger partial charge in [0.05, 0.1) is 0 Å². The molecule has 0 amide bonds. The maximum absolute atomic E-state index is 11.3. The van der Waals surface area contributed by atoms with E-state index in [9.17, 15) is 9.90 Å². The molecular formula is C18H12AsN5O2. The summed E-state index contributed by atoms with van der Waals surface area (Å²) in [7, 11) is 0. The van der Waals surface area contributed by atoms with Crippen molar-refractivity contribution in [3.63, 3.8) is 0 Å². The minimum absolute atomic E-state index is 0.174. The van der Waals surface area contributed by atoms with Gasteiger partial charge in [0.2, 0.25) is 0 Å². The molecule has 1 N–H and O–H groups in total. The average molecular weight is 405 g/mol. The Morgan fingerprint density at radius 3 is 2.69 bits per heavy atom. The van der Waals surface area contributed by atoms with E-state index in [2.05, 4.69) is 36.8 Å². The van der Waals surface area contributed by atoms with Crippen LogP contribution in [0.15, 0.2) is 48.8 Å². The van der Waals surface area contributed by atoms with Crippen LogP contribution in [0.3, 0.4) is 0 Å². The van der Waals surface area contributed by atoms with Gasteiger partial charge in [-0.2, -0.15) is 0 Å². The molecule has 4 heterocycles. The summed E-state index contributed by atoms with van der Waals surface area (Å²) >= 11 is 2.31. The first kappa shape index (κ1) is 16.4. The van der Waals surface area contributed by atoms with Crippen molar-refractivity contribution < 1.29 is 9.90 Å². The number of pyridine rings is 2. The molecule has 8 heteroatoms. The van der Waals surface area contributed by atoms with Crippen molar-refractivity contribution in [2.45, 2.75) is 6.92 Å². The third-order valence-electron chi connectivity index (χ3n) is 3.89. The summed E-state index contributed by atoms with van der Waals surface area (Å²) in [4.78, 5) is 29.1. The van der Waals surface area contributed by atoms with Crippen molar-refractivity contribution in [2.24, 2.45) is 0 Å². The molecule has 126 valence electrons. The minimum atomic E-state index is -0.998. The van der Waals surface area contributed by atoms with Gasteiger partial charge in [-0.15, -0.1) is 0 Å². The van der Waals surface area contributed by atoms with Gasteiger partial charge < -0.3 is 0 Å². The number of aromatic nitrogens is 5. The van der Waals surface area contributed by atoms with Crippen molar-refractivity contribution in [3.05, 3.63) is 60.0 Å². The van der Waals surface area contributed by atoms with Crippen LogP contribution in [-0.4, -0.2) is 52.3 Å². The summed E-state index contributed by atoms with van der Waals surface area (Å²) in [5.74, 6) is -0.998. The molecule has 4 aromatic heterocycles. The molecule has 0 aliphatic heterocycles. The molecule has 0 aliphatic rings. The van der Waals surface area contributed by atoms with Crippen LogP contribution in [0.4, 0.5) is 0 Å². The van der Waals surface area contributed by atoms with Crippen molar-refractivity contribution in [2.75, 3.05) is 0 Å². The number of nitrogens with zero attached hydrogens (tertiary/aromatic N) is 5. The number of imidazole rings is 1. The number of aromatic carboxylic acids is 1. The van der Waals surface area contributed by atoms with Gasteiger partial charge in [0.15, 0.2) is 0 Å². The second-order valence-electron chi connectivity index (χ2n) is 5.66. The fraction of sp³-hybridized carbons (Fsp3) is 0.0556. The first-order valence-corrected chi connectivity index (χ1v) is 8.68. The molecule has 0 atom stereocenters. The van der Waals surface area contributed by atoms with Crippen LogP contribution in [0.1, 0.15) is 16.1 Å². The fourth-order valence-electron chi connectivity index (χ4n) is 2.76. The molecule has 0 aliphatic carbocycles. The zero-order valence-corrected chi connectivity index (χ0v) is 15.5. The number of carbonyl (C=O) groups is 1. The molecule has 7 nitrogen and oxygen atoms in total. The maximum atomic E-state index is 11.3. The molecule has 26 heavy (non-hydrogen) atoms. The molecule has 2 radical (unpaired) electrons. The Bertz CT molecular complexity index is 1160. The number of rotatable bonds is 3. The van der Waals surface area contributed by atoms with Gasteiger partial charge in [-0.25, -0.2) is 0 Å². The zero-order chi connectivity index (χ0) is 18.3. The van der Waals surface area contributed by atoms with Crippen molar-refractivity contribution in [1.29, 1.82) is 0 Å². The summed E-state index contributed by atoms with van der Waals surface area (Å²) in [6.45, 7) is 1.91. The summed E-state index contributed by atoms with van der Waals surface area (Å²) in [6, 6.07) is 10.6. The van der Waals surface area contributed by atoms with Crippen molar-refractivity contribution in [1.82, 2.24) is 24.3 Å². The van der Waals surface area contributed by atoms with Gasteiger partial charge in [0, 0.05) is 0 Å². The summed E-state index contributed by atoms with van der Waals surface area (Å²) in [5, 5.41) is 9.26. The Balaban J connectivity index is 2.05. The normalized spacial score (nSPS) is 11.0. The summed E-state index contributed by atoms with van der Waals surface area (Å²) in [6.07, 6.45) is 3.36. The zero-order valence-electron chi connectivity index (χ0n) is 13.7. The molecule has 0 fully saturated rings. The van der Waals surface area contributed by atoms with E-state index in [1.807, 2.05) is 29.5 Å². The number of carboxylic acids is 1. The monoisotopic (exact) mass is 405 g/mol. The molecule has 4 aromatic rings. The Morgan fingerprint density at radius 1 is 1.12 bits per heavy atom.